The molecular formula is C19H30N2O3. The van der Waals surface area contributed by atoms with Gasteiger partial charge in [-0.2, -0.15) is 0 Å². The van der Waals surface area contributed by atoms with Crippen LogP contribution in [-0.4, -0.2) is 27.1 Å². The minimum atomic E-state index is -0.0633. The summed E-state index contributed by atoms with van der Waals surface area (Å²) in [6, 6.07) is 1.72. The van der Waals surface area contributed by atoms with Crippen molar-refractivity contribution < 1.29 is 15.2 Å². The monoisotopic (exact) mass is 334 g/mol. The minimum absolute atomic E-state index is 0.0633. The van der Waals surface area contributed by atoms with Crippen molar-refractivity contribution in [2.24, 2.45) is 0 Å². The van der Waals surface area contributed by atoms with Gasteiger partial charge in [0.05, 0.1) is 11.7 Å². The van der Waals surface area contributed by atoms with Crippen LogP contribution in [0.2, 0.25) is 0 Å². The normalized spacial score (nSPS) is 23.2. The number of allylic oxidation sites excluding steroid dienone is 4. The van der Waals surface area contributed by atoms with E-state index in [1.807, 2.05) is 0 Å². The van der Waals surface area contributed by atoms with Crippen LogP contribution in [0.25, 0.3) is 0 Å². The molecule has 1 aliphatic heterocycles. The number of H-pyrrole nitrogens is 1. The van der Waals surface area contributed by atoms with Gasteiger partial charge in [-0.1, -0.05) is 23.3 Å². The molecule has 0 radical (unpaired) electrons. The van der Waals surface area contributed by atoms with E-state index in [9.17, 15) is 0 Å². The van der Waals surface area contributed by atoms with Crippen molar-refractivity contribution in [3.05, 3.63) is 41.1 Å². The topological polar surface area (TPSA) is 72.0 Å². The molecule has 2 heterocycles. The van der Waals surface area contributed by atoms with Crippen LogP contribution in [0, 0.1) is 0 Å². The number of epoxide rings is 1. The first-order valence-corrected chi connectivity index (χ1v) is 8.62. The van der Waals surface area contributed by atoms with Crippen LogP contribution in [0.3, 0.4) is 0 Å². The Labute approximate surface area is 144 Å². The van der Waals surface area contributed by atoms with Crippen LogP contribution in [0.5, 0.6) is 0 Å². The van der Waals surface area contributed by atoms with E-state index in [2.05, 4.69) is 44.8 Å². The predicted octanol–water partition coefficient (Wildman–Crippen LogP) is 4.77. The number of hydrogen-bond donors (Lipinski definition) is 3. The molecule has 1 aliphatic rings. The Bertz CT molecular complexity index is 600. The number of nitrogens with zero attached hydrogens (tertiary/aromatic N) is 1. The molecule has 2 unspecified atom stereocenters. The first-order valence-electron chi connectivity index (χ1n) is 8.62. The Hall–Kier alpha value is -1.56. The lowest BCUT2D eigenvalue weighted by Crippen LogP contribution is -2.11. The van der Waals surface area contributed by atoms with Crippen LogP contribution < -0.4 is 5.23 Å². The van der Waals surface area contributed by atoms with Crippen LogP contribution in [0.1, 0.15) is 58.9 Å². The zero-order chi connectivity index (χ0) is 17.7. The summed E-state index contributed by atoms with van der Waals surface area (Å²) >= 11 is 0. The van der Waals surface area contributed by atoms with Gasteiger partial charge in [-0.05, 0) is 65.0 Å². The van der Waals surface area contributed by atoms with Gasteiger partial charge in [0, 0.05) is 12.6 Å². The highest BCUT2D eigenvalue weighted by atomic mass is 16.8. The predicted molar refractivity (Wildman–Crippen MR) is 95.5 cm³/mol. The number of hydrogen-bond acceptors (Lipinski definition) is 4. The quantitative estimate of drug-likeness (QED) is 0.345. The lowest BCUT2D eigenvalue weighted by molar-refractivity contribution is 0.0270. The molecule has 1 aromatic heterocycles. The molecule has 0 aromatic carbocycles. The molecule has 0 bridgehead atoms. The molecule has 0 saturated carbocycles. The fourth-order valence-electron chi connectivity index (χ4n) is 2.94. The minimum Gasteiger partial charge on any atom is -0.366 e. The Kier molecular flexibility index (Phi) is 6.27. The number of aromatic nitrogens is 1. The number of aromatic amines is 1. The molecule has 2 atom stereocenters. The molecule has 0 aliphatic carbocycles. The number of ether oxygens (including phenoxy) is 1. The second-order valence-electron chi connectivity index (χ2n) is 7.22. The molecule has 1 fully saturated rings. The van der Waals surface area contributed by atoms with Crippen molar-refractivity contribution >= 4 is 5.82 Å². The van der Waals surface area contributed by atoms with Gasteiger partial charge in [0.2, 0.25) is 0 Å². The van der Waals surface area contributed by atoms with E-state index in [1.165, 1.54) is 11.1 Å². The molecule has 1 saturated heterocycles. The number of anilines is 1. The van der Waals surface area contributed by atoms with Gasteiger partial charge in [-0.25, -0.2) is 0 Å². The Balaban J connectivity index is 1.73. The fraction of sp³-hybridized carbons (Fsp3) is 0.579. The van der Waals surface area contributed by atoms with E-state index in [4.69, 9.17) is 15.2 Å². The van der Waals surface area contributed by atoms with Gasteiger partial charge >= 0.3 is 0 Å². The molecule has 1 aromatic rings. The summed E-state index contributed by atoms with van der Waals surface area (Å²) in [4.78, 5) is 2.81. The van der Waals surface area contributed by atoms with Crippen molar-refractivity contribution in [2.45, 2.75) is 71.5 Å². The Morgan fingerprint density at radius 3 is 2.67 bits per heavy atom. The highest BCUT2D eigenvalue weighted by molar-refractivity contribution is 5.37. The second kappa shape index (κ2) is 8.01. The third-order valence-corrected chi connectivity index (χ3v) is 4.62. The van der Waals surface area contributed by atoms with E-state index in [1.54, 1.807) is 12.3 Å². The fourth-order valence-corrected chi connectivity index (χ4v) is 2.94. The molecule has 5 nitrogen and oxygen atoms in total. The van der Waals surface area contributed by atoms with Crippen LogP contribution >= 0.6 is 0 Å². The summed E-state index contributed by atoms with van der Waals surface area (Å²) in [5.41, 5.74) is 3.77. The summed E-state index contributed by atoms with van der Waals surface area (Å²) in [7, 11) is 0. The lowest BCUT2D eigenvalue weighted by Gasteiger charge is -2.05. The van der Waals surface area contributed by atoms with Gasteiger partial charge in [0.15, 0.2) is 5.82 Å². The lowest BCUT2D eigenvalue weighted by atomic mass is 9.96. The van der Waals surface area contributed by atoms with Crippen molar-refractivity contribution in [2.75, 3.05) is 5.23 Å². The summed E-state index contributed by atoms with van der Waals surface area (Å²) in [5.74, 6) is 0.266. The summed E-state index contributed by atoms with van der Waals surface area (Å²) < 4.78 is 5.88. The average Bonchev–Trinajstić information content (AvgIpc) is 2.91. The van der Waals surface area contributed by atoms with Gasteiger partial charge in [0.1, 0.15) is 0 Å². The Morgan fingerprint density at radius 2 is 2.04 bits per heavy atom. The maximum absolute atomic E-state index is 8.97. The molecule has 5 heteroatoms. The van der Waals surface area contributed by atoms with Crippen LogP contribution in [-0.2, 0) is 11.2 Å². The number of rotatable bonds is 9. The zero-order valence-corrected chi connectivity index (χ0v) is 15.2. The van der Waals surface area contributed by atoms with Crippen molar-refractivity contribution in [3.63, 3.8) is 0 Å². The largest absolute Gasteiger partial charge is 0.366 e. The molecular weight excluding hydrogens is 304 g/mol. The van der Waals surface area contributed by atoms with Gasteiger partial charge in [-0.3, -0.25) is 10.4 Å². The SMILES string of the molecule is CC(C)=CCCC(C)=CCCC1(C)OC1Cc1c[nH]c(N(O)O)c1. The molecule has 134 valence electrons. The third kappa shape index (κ3) is 5.51. The maximum atomic E-state index is 8.97. The summed E-state index contributed by atoms with van der Waals surface area (Å²) in [6.07, 6.45) is 11.7. The van der Waals surface area contributed by atoms with E-state index in [-0.39, 0.29) is 22.7 Å². The van der Waals surface area contributed by atoms with E-state index < -0.39 is 0 Å². The van der Waals surface area contributed by atoms with Gasteiger partial charge in [-0.15, -0.1) is 5.23 Å². The molecule has 3 N–H and O–H groups in total. The smallest absolute Gasteiger partial charge is 0.161 e. The van der Waals surface area contributed by atoms with Crippen LogP contribution in [0.15, 0.2) is 35.6 Å². The van der Waals surface area contributed by atoms with Crippen molar-refractivity contribution in [1.82, 2.24) is 4.98 Å². The average molecular weight is 334 g/mol. The summed E-state index contributed by atoms with van der Waals surface area (Å²) in [6.45, 7) is 8.62. The van der Waals surface area contributed by atoms with E-state index in [0.29, 0.717) is 0 Å². The van der Waals surface area contributed by atoms with E-state index >= 15 is 0 Å². The number of nitrogens with one attached hydrogen (secondary N) is 1. The van der Waals surface area contributed by atoms with Crippen molar-refractivity contribution in [3.8, 4) is 0 Å². The molecule has 2 rings (SSSR count). The van der Waals surface area contributed by atoms with Gasteiger partial charge < -0.3 is 9.72 Å². The van der Waals surface area contributed by atoms with Gasteiger partial charge in [0.25, 0.3) is 0 Å². The highest BCUT2D eigenvalue weighted by Gasteiger charge is 2.50. The van der Waals surface area contributed by atoms with E-state index in [0.717, 1.165) is 37.7 Å². The Morgan fingerprint density at radius 1 is 1.29 bits per heavy atom. The standard InChI is InChI=1S/C19H30N2O3/c1-14(2)7-5-8-15(3)9-6-10-19(4)17(24-19)11-16-12-18(20-13-16)21(22)23/h7,9,12-13,17,20,22-23H,5-6,8,10-11H2,1-4H3. The summed E-state index contributed by atoms with van der Waals surface area (Å²) in [5, 5.41) is 18.0. The second-order valence-corrected chi connectivity index (χ2v) is 7.22. The first kappa shape index (κ1) is 18.8. The van der Waals surface area contributed by atoms with Crippen molar-refractivity contribution in [1.29, 1.82) is 0 Å². The molecule has 0 spiro atoms. The zero-order valence-electron chi connectivity index (χ0n) is 15.2. The third-order valence-electron chi connectivity index (χ3n) is 4.62. The highest BCUT2D eigenvalue weighted by Crippen LogP contribution is 2.42. The first-order chi connectivity index (χ1) is 11.3. The van der Waals surface area contributed by atoms with Crippen LogP contribution in [0.4, 0.5) is 5.82 Å². The molecule has 24 heavy (non-hydrogen) atoms. The molecule has 0 amide bonds. The maximum Gasteiger partial charge on any atom is 0.161 e.